The molecule has 1 rings (SSSR count). The third kappa shape index (κ3) is 4.21. The van der Waals surface area contributed by atoms with Crippen LogP contribution in [0.25, 0.3) is 0 Å². The van der Waals surface area contributed by atoms with Crippen molar-refractivity contribution >= 4 is 11.6 Å². The van der Waals surface area contributed by atoms with Crippen LogP contribution < -0.4 is 5.32 Å². The first-order valence-corrected chi connectivity index (χ1v) is 5.16. The number of carbonyl (C=O) groups excluding carboxylic acids is 1. The van der Waals surface area contributed by atoms with Gasteiger partial charge in [-0.2, -0.15) is 5.26 Å². The first-order valence-electron chi connectivity index (χ1n) is 5.16. The van der Waals surface area contributed by atoms with Crippen molar-refractivity contribution in [2.75, 3.05) is 19.0 Å². The lowest BCUT2D eigenvalue weighted by Gasteiger charge is -2.05. The third-order valence-corrected chi connectivity index (χ3v) is 2.12. The number of amides is 1. The largest absolute Gasteiger partial charge is 0.385 e. The van der Waals surface area contributed by atoms with Gasteiger partial charge in [-0.05, 0) is 24.6 Å². The molecule has 0 aliphatic heterocycles. The van der Waals surface area contributed by atoms with Gasteiger partial charge in [-0.1, -0.05) is 0 Å². The smallest absolute Gasteiger partial charge is 0.224 e. The summed E-state index contributed by atoms with van der Waals surface area (Å²) in [6, 6.07) is 5.60. The van der Waals surface area contributed by atoms with Crippen molar-refractivity contribution in [3.8, 4) is 6.07 Å². The second kappa shape index (κ2) is 6.61. The van der Waals surface area contributed by atoms with Crippen LogP contribution in [-0.4, -0.2) is 19.6 Å². The minimum atomic E-state index is -0.593. The topological polar surface area (TPSA) is 62.1 Å². The molecule has 0 aliphatic carbocycles. The SMILES string of the molecule is COCCCC(=O)Nc1ccc(F)c(C#N)c1. The van der Waals surface area contributed by atoms with Crippen LogP contribution in [0, 0.1) is 17.1 Å². The lowest BCUT2D eigenvalue weighted by Crippen LogP contribution is -2.12. The van der Waals surface area contributed by atoms with Crippen LogP contribution in [0.15, 0.2) is 18.2 Å². The molecule has 0 bridgehead atoms. The summed E-state index contributed by atoms with van der Waals surface area (Å²) in [6.07, 6.45) is 0.946. The van der Waals surface area contributed by atoms with Gasteiger partial charge in [-0.15, -0.1) is 0 Å². The summed E-state index contributed by atoms with van der Waals surface area (Å²) in [5.74, 6) is -0.776. The fraction of sp³-hybridized carbons (Fsp3) is 0.333. The van der Waals surface area contributed by atoms with E-state index in [4.69, 9.17) is 10.00 Å². The van der Waals surface area contributed by atoms with E-state index in [0.29, 0.717) is 25.1 Å². The molecule has 1 amide bonds. The third-order valence-electron chi connectivity index (χ3n) is 2.12. The molecule has 0 radical (unpaired) electrons. The van der Waals surface area contributed by atoms with E-state index in [1.807, 2.05) is 0 Å². The van der Waals surface area contributed by atoms with E-state index in [9.17, 15) is 9.18 Å². The molecule has 1 N–H and O–H groups in total. The van der Waals surface area contributed by atoms with E-state index in [1.54, 1.807) is 13.2 Å². The normalized spacial score (nSPS) is 9.71. The number of ether oxygens (including phenoxy) is 1. The minimum absolute atomic E-state index is 0.0836. The van der Waals surface area contributed by atoms with Gasteiger partial charge in [0.05, 0.1) is 5.56 Å². The van der Waals surface area contributed by atoms with Gasteiger partial charge in [-0.3, -0.25) is 4.79 Å². The molecular weight excluding hydrogens is 223 g/mol. The highest BCUT2D eigenvalue weighted by atomic mass is 19.1. The molecule has 1 aromatic carbocycles. The summed E-state index contributed by atoms with van der Waals surface area (Å²) < 4.78 is 17.8. The van der Waals surface area contributed by atoms with Crippen molar-refractivity contribution in [1.29, 1.82) is 5.26 Å². The molecule has 90 valence electrons. The predicted octanol–water partition coefficient (Wildman–Crippen LogP) is 2.06. The van der Waals surface area contributed by atoms with Gasteiger partial charge in [-0.25, -0.2) is 4.39 Å². The second-order valence-electron chi connectivity index (χ2n) is 3.45. The summed E-state index contributed by atoms with van der Waals surface area (Å²) in [7, 11) is 1.57. The van der Waals surface area contributed by atoms with Crippen LogP contribution >= 0.6 is 0 Å². The lowest BCUT2D eigenvalue weighted by molar-refractivity contribution is -0.116. The molecule has 0 unspecified atom stereocenters. The monoisotopic (exact) mass is 236 g/mol. The number of benzene rings is 1. The van der Waals surface area contributed by atoms with Gasteiger partial charge < -0.3 is 10.1 Å². The number of nitrogens with zero attached hydrogens (tertiary/aromatic N) is 1. The Morgan fingerprint density at radius 3 is 3.00 bits per heavy atom. The molecule has 4 nitrogen and oxygen atoms in total. The van der Waals surface area contributed by atoms with Crippen LogP contribution in [0.5, 0.6) is 0 Å². The molecule has 0 saturated carbocycles. The lowest BCUT2D eigenvalue weighted by atomic mass is 10.2. The zero-order chi connectivity index (χ0) is 12.7. The summed E-state index contributed by atoms with van der Waals surface area (Å²) in [5, 5.41) is 11.2. The molecule has 0 saturated heterocycles. The van der Waals surface area contributed by atoms with Crippen LogP contribution in [0.2, 0.25) is 0 Å². The van der Waals surface area contributed by atoms with Gasteiger partial charge in [0.25, 0.3) is 0 Å². The summed E-state index contributed by atoms with van der Waals surface area (Å²) in [6.45, 7) is 0.514. The molecule has 0 aliphatic rings. The molecule has 0 spiro atoms. The Kier molecular flexibility index (Phi) is 5.11. The molecule has 5 heteroatoms. The summed E-state index contributed by atoms with van der Waals surface area (Å²) >= 11 is 0. The van der Waals surface area contributed by atoms with Crippen LogP contribution in [0.1, 0.15) is 18.4 Å². The summed E-state index contributed by atoms with van der Waals surface area (Å²) in [5.41, 5.74) is 0.338. The predicted molar refractivity (Wildman–Crippen MR) is 60.9 cm³/mol. The Labute approximate surface area is 99.0 Å². The first kappa shape index (κ1) is 13.1. The summed E-state index contributed by atoms with van der Waals surface area (Å²) in [4.78, 5) is 11.4. The zero-order valence-corrected chi connectivity index (χ0v) is 9.50. The van der Waals surface area contributed by atoms with Crippen LogP contribution in [-0.2, 0) is 9.53 Å². The number of carbonyl (C=O) groups is 1. The van der Waals surface area contributed by atoms with Crippen molar-refractivity contribution in [2.24, 2.45) is 0 Å². The average molecular weight is 236 g/mol. The Hall–Kier alpha value is -1.93. The standard InChI is InChI=1S/C12H13FN2O2/c1-17-6-2-3-12(16)15-10-4-5-11(13)9(7-10)8-14/h4-5,7H,2-3,6H2,1H3,(H,15,16). The number of anilines is 1. The number of methoxy groups -OCH3 is 1. The highest BCUT2D eigenvalue weighted by Gasteiger charge is 2.05. The van der Waals surface area contributed by atoms with Crippen molar-refractivity contribution < 1.29 is 13.9 Å². The molecule has 1 aromatic rings. The van der Waals surface area contributed by atoms with Gasteiger partial charge in [0.1, 0.15) is 11.9 Å². The molecule has 0 aromatic heterocycles. The second-order valence-corrected chi connectivity index (χ2v) is 3.45. The average Bonchev–Trinajstić information content (AvgIpc) is 2.32. The number of nitrogens with one attached hydrogen (secondary N) is 1. The van der Waals surface area contributed by atoms with Crippen molar-refractivity contribution in [1.82, 2.24) is 0 Å². The number of halogens is 1. The quantitative estimate of drug-likeness (QED) is 0.796. The molecule has 17 heavy (non-hydrogen) atoms. The molecular formula is C12H13FN2O2. The maximum Gasteiger partial charge on any atom is 0.224 e. The number of hydrogen-bond acceptors (Lipinski definition) is 3. The van der Waals surface area contributed by atoms with Gasteiger partial charge in [0, 0.05) is 25.8 Å². The molecule has 0 fully saturated rings. The molecule has 0 atom stereocenters. The van der Waals surface area contributed by atoms with Crippen molar-refractivity contribution in [3.63, 3.8) is 0 Å². The van der Waals surface area contributed by atoms with Crippen LogP contribution in [0.4, 0.5) is 10.1 Å². The van der Waals surface area contributed by atoms with Crippen molar-refractivity contribution in [2.45, 2.75) is 12.8 Å². The Balaban J connectivity index is 2.57. The van der Waals surface area contributed by atoms with E-state index >= 15 is 0 Å². The van der Waals surface area contributed by atoms with Gasteiger partial charge in [0.2, 0.25) is 5.91 Å². The van der Waals surface area contributed by atoms with Gasteiger partial charge in [0.15, 0.2) is 0 Å². The maximum atomic E-state index is 13.0. The number of nitriles is 1. The minimum Gasteiger partial charge on any atom is -0.385 e. The number of rotatable bonds is 5. The fourth-order valence-corrected chi connectivity index (χ4v) is 1.29. The van der Waals surface area contributed by atoms with Crippen molar-refractivity contribution in [3.05, 3.63) is 29.6 Å². The Bertz CT molecular complexity index is 441. The van der Waals surface area contributed by atoms with Gasteiger partial charge >= 0.3 is 0 Å². The van der Waals surface area contributed by atoms with Crippen LogP contribution in [0.3, 0.4) is 0 Å². The van der Waals surface area contributed by atoms with E-state index in [-0.39, 0.29) is 11.5 Å². The van der Waals surface area contributed by atoms with E-state index in [0.717, 1.165) is 6.07 Å². The van der Waals surface area contributed by atoms with E-state index in [1.165, 1.54) is 12.1 Å². The van der Waals surface area contributed by atoms with E-state index in [2.05, 4.69) is 5.32 Å². The highest BCUT2D eigenvalue weighted by molar-refractivity contribution is 5.90. The number of hydrogen-bond donors (Lipinski definition) is 1. The highest BCUT2D eigenvalue weighted by Crippen LogP contribution is 2.14. The zero-order valence-electron chi connectivity index (χ0n) is 9.50. The first-order chi connectivity index (χ1) is 8.17. The maximum absolute atomic E-state index is 13.0. The fourth-order valence-electron chi connectivity index (χ4n) is 1.29. The van der Waals surface area contributed by atoms with E-state index < -0.39 is 5.82 Å². The molecule has 0 heterocycles. The Morgan fingerprint density at radius 1 is 1.59 bits per heavy atom. The Morgan fingerprint density at radius 2 is 2.35 bits per heavy atom.